The van der Waals surface area contributed by atoms with Crippen LogP contribution in [0.15, 0.2) is 54.6 Å². The second kappa shape index (κ2) is 10.4. The molecule has 0 unspecified atom stereocenters. The fraction of sp³-hybridized carbons (Fsp3) is 0.211. The number of carbonyl (C=O) groups excluding carboxylic acids is 3. The van der Waals surface area contributed by atoms with Crippen molar-refractivity contribution in [2.45, 2.75) is 6.54 Å². The molecule has 2 aromatic carbocycles. The predicted octanol–water partition coefficient (Wildman–Crippen LogP) is 1.68. The number of anilines is 1. The number of rotatable bonds is 8. The highest BCUT2D eigenvalue weighted by atomic mass is 16.5. The van der Waals surface area contributed by atoms with Gasteiger partial charge in [-0.2, -0.15) is 0 Å². The largest absolute Gasteiger partial charge is 0.495 e. The van der Waals surface area contributed by atoms with Crippen LogP contribution in [-0.4, -0.2) is 38.2 Å². The Bertz CT molecular complexity index is 780. The summed E-state index contributed by atoms with van der Waals surface area (Å²) in [7, 11) is 1.49. The molecule has 0 saturated carbocycles. The summed E-state index contributed by atoms with van der Waals surface area (Å²) in [4.78, 5) is 35.1. The van der Waals surface area contributed by atoms with Gasteiger partial charge in [0.15, 0.2) is 6.61 Å². The van der Waals surface area contributed by atoms with Crippen LogP contribution < -0.4 is 20.7 Å². The molecule has 8 nitrogen and oxygen atoms in total. The highest BCUT2D eigenvalue weighted by Crippen LogP contribution is 2.22. The second-order valence-corrected chi connectivity index (χ2v) is 5.43. The molecule has 0 spiro atoms. The lowest BCUT2D eigenvalue weighted by molar-refractivity contribution is -0.146. The van der Waals surface area contributed by atoms with Gasteiger partial charge >= 0.3 is 12.0 Å². The SMILES string of the molecule is COc1ccccc1NC(=O)COC(=O)CNC(=O)NCc1ccccc1. The summed E-state index contributed by atoms with van der Waals surface area (Å²) in [6, 6.07) is 15.7. The van der Waals surface area contributed by atoms with Crippen LogP contribution in [0.3, 0.4) is 0 Å². The first kappa shape index (κ1) is 19.8. The Balaban J connectivity index is 1.65. The zero-order valence-electron chi connectivity index (χ0n) is 14.9. The Kier molecular flexibility index (Phi) is 7.65. The third kappa shape index (κ3) is 7.07. The lowest BCUT2D eigenvalue weighted by atomic mass is 10.2. The maximum absolute atomic E-state index is 11.8. The quantitative estimate of drug-likeness (QED) is 0.612. The van der Waals surface area contributed by atoms with Crippen LogP contribution in [0.2, 0.25) is 0 Å². The number of urea groups is 1. The molecule has 0 aliphatic heterocycles. The molecule has 3 N–H and O–H groups in total. The number of para-hydroxylation sites is 2. The zero-order chi connectivity index (χ0) is 19.5. The van der Waals surface area contributed by atoms with Crippen LogP contribution in [0.5, 0.6) is 5.75 Å². The molecule has 0 heterocycles. The van der Waals surface area contributed by atoms with Gasteiger partial charge in [-0.3, -0.25) is 9.59 Å². The minimum absolute atomic E-state index is 0.336. The van der Waals surface area contributed by atoms with Gasteiger partial charge in [0.2, 0.25) is 0 Å². The Morgan fingerprint density at radius 1 is 0.926 bits per heavy atom. The Morgan fingerprint density at radius 3 is 2.37 bits per heavy atom. The van der Waals surface area contributed by atoms with Gasteiger partial charge in [-0.25, -0.2) is 4.79 Å². The predicted molar refractivity (Wildman–Crippen MR) is 99.3 cm³/mol. The van der Waals surface area contributed by atoms with E-state index in [9.17, 15) is 14.4 Å². The summed E-state index contributed by atoms with van der Waals surface area (Å²) in [5.74, 6) is -0.740. The number of amides is 3. The number of ether oxygens (including phenoxy) is 2. The fourth-order valence-corrected chi connectivity index (χ4v) is 2.12. The number of nitrogens with one attached hydrogen (secondary N) is 3. The van der Waals surface area contributed by atoms with Gasteiger partial charge in [-0.15, -0.1) is 0 Å². The monoisotopic (exact) mass is 371 g/mol. The molecule has 142 valence electrons. The first-order valence-electron chi connectivity index (χ1n) is 8.22. The summed E-state index contributed by atoms with van der Waals surface area (Å²) in [5, 5.41) is 7.56. The molecule has 2 rings (SSSR count). The minimum atomic E-state index is -0.722. The van der Waals surface area contributed by atoms with Crippen molar-refractivity contribution in [2.24, 2.45) is 0 Å². The third-order valence-corrected chi connectivity index (χ3v) is 3.43. The molecule has 27 heavy (non-hydrogen) atoms. The Morgan fingerprint density at radius 2 is 1.63 bits per heavy atom. The van der Waals surface area contributed by atoms with Gasteiger partial charge < -0.3 is 25.4 Å². The van der Waals surface area contributed by atoms with Crippen molar-refractivity contribution in [1.29, 1.82) is 0 Å². The molecule has 8 heteroatoms. The van der Waals surface area contributed by atoms with Gasteiger partial charge in [0.25, 0.3) is 5.91 Å². The van der Waals surface area contributed by atoms with Gasteiger partial charge in [0.1, 0.15) is 12.3 Å². The summed E-state index contributed by atoms with van der Waals surface area (Å²) < 4.78 is 9.94. The highest BCUT2D eigenvalue weighted by Gasteiger charge is 2.11. The molecule has 0 radical (unpaired) electrons. The van der Waals surface area contributed by atoms with E-state index in [1.807, 2.05) is 30.3 Å². The molecular formula is C19H21N3O5. The van der Waals surface area contributed by atoms with E-state index in [1.54, 1.807) is 24.3 Å². The van der Waals surface area contributed by atoms with E-state index >= 15 is 0 Å². The molecule has 3 amide bonds. The summed E-state index contributed by atoms with van der Waals surface area (Å²) >= 11 is 0. The van der Waals surface area contributed by atoms with Crippen molar-refractivity contribution >= 4 is 23.6 Å². The smallest absolute Gasteiger partial charge is 0.325 e. The van der Waals surface area contributed by atoms with Gasteiger partial charge in [0, 0.05) is 6.54 Å². The van der Waals surface area contributed by atoms with Crippen LogP contribution >= 0.6 is 0 Å². The minimum Gasteiger partial charge on any atom is -0.495 e. The number of hydrogen-bond acceptors (Lipinski definition) is 5. The van der Waals surface area contributed by atoms with Gasteiger partial charge in [-0.1, -0.05) is 42.5 Å². The van der Waals surface area contributed by atoms with Gasteiger partial charge in [0.05, 0.1) is 12.8 Å². The number of benzene rings is 2. The molecule has 0 bridgehead atoms. The highest BCUT2D eigenvalue weighted by molar-refractivity contribution is 5.94. The van der Waals surface area contributed by atoms with Crippen molar-refractivity contribution in [1.82, 2.24) is 10.6 Å². The zero-order valence-corrected chi connectivity index (χ0v) is 14.9. The van der Waals surface area contributed by atoms with E-state index in [0.717, 1.165) is 5.56 Å². The van der Waals surface area contributed by atoms with Crippen LogP contribution in [0.1, 0.15) is 5.56 Å². The van der Waals surface area contributed by atoms with E-state index in [-0.39, 0.29) is 6.54 Å². The van der Waals surface area contributed by atoms with Crippen molar-refractivity contribution in [3.05, 3.63) is 60.2 Å². The second-order valence-electron chi connectivity index (χ2n) is 5.43. The van der Waals surface area contributed by atoms with Crippen LogP contribution in [-0.2, 0) is 20.9 Å². The molecule has 0 saturated heterocycles. The molecule has 0 aliphatic rings. The first-order valence-corrected chi connectivity index (χ1v) is 8.22. The first-order chi connectivity index (χ1) is 13.1. The van der Waals surface area contributed by atoms with Gasteiger partial charge in [-0.05, 0) is 17.7 Å². The fourth-order valence-electron chi connectivity index (χ4n) is 2.12. The lowest BCUT2D eigenvalue weighted by Crippen LogP contribution is -2.39. The summed E-state index contributed by atoms with van der Waals surface area (Å²) in [5.41, 5.74) is 1.41. The standard InChI is InChI=1S/C19H21N3O5/c1-26-16-10-6-5-9-15(16)22-17(23)13-27-18(24)12-21-19(25)20-11-14-7-3-2-4-8-14/h2-10H,11-13H2,1H3,(H,22,23)(H2,20,21,25). The average molecular weight is 371 g/mol. The molecular weight excluding hydrogens is 350 g/mol. The van der Waals surface area contributed by atoms with E-state index in [1.165, 1.54) is 7.11 Å². The van der Waals surface area contributed by atoms with Crippen LogP contribution in [0.25, 0.3) is 0 Å². The van der Waals surface area contributed by atoms with Crippen LogP contribution in [0, 0.1) is 0 Å². The van der Waals surface area contributed by atoms with E-state index in [2.05, 4.69) is 16.0 Å². The normalized spacial score (nSPS) is 9.81. The molecule has 0 atom stereocenters. The Labute approximate surface area is 156 Å². The van der Waals surface area contributed by atoms with E-state index in [0.29, 0.717) is 18.0 Å². The number of esters is 1. The van der Waals surface area contributed by atoms with E-state index in [4.69, 9.17) is 9.47 Å². The Hall–Kier alpha value is -3.55. The maximum Gasteiger partial charge on any atom is 0.325 e. The topological polar surface area (TPSA) is 106 Å². The maximum atomic E-state index is 11.8. The molecule has 0 aliphatic carbocycles. The third-order valence-electron chi connectivity index (χ3n) is 3.43. The molecule has 2 aromatic rings. The number of methoxy groups -OCH3 is 1. The van der Waals surface area contributed by atoms with E-state index < -0.39 is 24.5 Å². The van der Waals surface area contributed by atoms with Crippen molar-refractivity contribution in [3.63, 3.8) is 0 Å². The number of carbonyl (C=O) groups is 3. The lowest BCUT2D eigenvalue weighted by Gasteiger charge is -2.10. The van der Waals surface area contributed by atoms with Crippen molar-refractivity contribution < 1.29 is 23.9 Å². The number of hydrogen-bond donors (Lipinski definition) is 3. The molecule has 0 fully saturated rings. The van der Waals surface area contributed by atoms with Crippen LogP contribution in [0.4, 0.5) is 10.5 Å². The molecule has 0 aromatic heterocycles. The van der Waals surface area contributed by atoms with Crippen molar-refractivity contribution in [2.75, 3.05) is 25.6 Å². The summed E-state index contributed by atoms with van der Waals surface area (Å²) in [6.07, 6.45) is 0. The summed E-state index contributed by atoms with van der Waals surface area (Å²) in [6.45, 7) is -0.476. The average Bonchev–Trinajstić information content (AvgIpc) is 2.70. The van der Waals surface area contributed by atoms with Crippen molar-refractivity contribution in [3.8, 4) is 5.75 Å².